The molecule has 0 fully saturated rings. The summed E-state index contributed by atoms with van der Waals surface area (Å²) >= 11 is 0. The second-order valence-corrected chi connectivity index (χ2v) is 3.86. The molecule has 1 amide bonds. The average molecular weight is 276 g/mol. The molecule has 0 aromatic carbocycles. The third kappa shape index (κ3) is 5.79. The fourth-order valence-corrected chi connectivity index (χ4v) is 1.09. The van der Waals surface area contributed by atoms with Crippen LogP contribution in [0.25, 0.3) is 0 Å². The highest BCUT2D eigenvalue weighted by Crippen LogP contribution is 2.14. The van der Waals surface area contributed by atoms with Crippen LogP contribution in [0.2, 0.25) is 0 Å². The van der Waals surface area contributed by atoms with Gasteiger partial charge in [-0.2, -0.15) is 0 Å². The molecule has 0 heterocycles. The van der Waals surface area contributed by atoms with Crippen LogP contribution in [0.4, 0.5) is 0 Å². The Bertz CT molecular complexity index is 396. The van der Waals surface area contributed by atoms with Gasteiger partial charge in [-0.3, -0.25) is 4.79 Å². The molecule has 10 nitrogen and oxygen atoms in total. The van der Waals surface area contributed by atoms with E-state index >= 15 is 0 Å². The van der Waals surface area contributed by atoms with Gasteiger partial charge in [-0.15, -0.1) is 0 Å². The number of hydrogen-bond acceptors (Lipinski definition) is 8. The molecule has 2 atom stereocenters. The highest BCUT2D eigenvalue weighted by molar-refractivity contribution is 5.89. The second kappa shape index (κ2) is 6.66. The second-order valence-electron chi connectivity index (χ2n) is 3.86. The van der Waals surface area contributed by atoms with Gasteiger partial charge in [-0.1, -0.05) is 0 Å². The van der Waals surface area contributed by atoms with E-state index in [0.29, 0.717) is 0 Å². The summed E-state index contributed by atoms with van der Waals surface area (Å²) in [5, 5.41) is 42.5. The third-order valence-corrected chi connectivity index (χ3v) is 2.15. The van der Waals surface area contributed by atoms with Gasteiger partial charge in [0.05, 0.1) is 18.9 Å². The minimum absolute atomic E-state index is 0.463. The van der Waals surface area contributed by atoms with Gasteiger partial charge in [0.25, 0.3) is 0 Å². The third-order valence-electron chi connectivity index (χ3n) is 2.15. The number of rotatable bonds is 8. The van der Waals surface area contributed by atoms with Crippen molar-refractivity contribution in [2.24, 2.45) is 0 Å². The first-order valence-electron chi connectivity index (χ1n) is 5.03. The molecule has 0 rings (SSSR count). The smallest absolute Gasteiger partial charge is 0.223 e. The molecular weight excluding hydrogens is 264 g/mol. The van der Waals surface area contributed by atoms with Crippen LogP contribution < -0.4 is 26.4 Å². The largest absolute Gasteiger partial charge is 0.550 e. The Morgan fingerprint density at radius 3 is 2.05 bits per heavy atom. The van der Waals surface area contributed by atoms with Gasteiger partial charge in [-0.25, -0.2) is 0 Å². The first-order valence-corrected chi connectivity index (χ1v) is 5.03. The van der Waals surface area contributed by atoms with E-state index in [1.54, 1.807) is 0 Å². The van der Waals surface area contributed by atoms with Crippen molar-refractivity contribution < 1.29 is 45.3 Å². The molecule has 0 unspecified atom stereocenters. The predicted molar refractivity (Wildman–Crippen MR) is 48.9 cm³/mol. The Kier molecular flexibility index (Phi) is 5.89. The minimum atomic E-state index is -2.93. The lowest BCUT2D eigenvalue weighted by molar-refractivity contribution is -0.435. The number of carbonyl (C=O) groups is 4. The summed E-state index contributed by atoms with van der Waals surface area (Å²) in [4.78, 5) is 42.4. The van der Waals surface area contributed by atoms with Crippen molar-refractivity contribution in [3.63, 3.8) is 0 Å². The van der Waals surface area contributed by atoms with Crippen molar-refractivity contribution in [2.75, 3.05) is 6.54 Å². The lowest BCUT2D eigenvalue weighted by Gasteiger charge is -2.28. The lowest BCUT2D eigenvalue weighted by atomic mass is 9.95. The SMILES string of the molecule is [NH3+][C@@H](CNC(=O)C[C@](O)(CC(=O)[O-])C(=O)[O-])C(=O)[O-]. The normalized spacial score (nSPS) is 15.1. The van der Waals surface area contributed by atoms with Crippen molar-refractivity contribution in [3.05, 3.63) is 0 Å². The minimum Gasteiger partial charge on any atom is -0.550 e. The molecule has 0 aromatic heterocycles. The summed E-state index contributed by atoms with van der Waals surface area (Å²) in [5.41, 5.74) is 0.188. The summed E-state index contributed by atoms with van der Waals surface area (Å²) in [5.74, 6) is -6.66. The van der Waals surface area contributed by atoms with E-state index in [1.807, 2.05) is 5.32 Å². The van der Waals surface area contributed by atoms with Gasteiger partial charge in [0.1, 0.15) is 17.6 Å². The molecule has 0 saturated carbocycles. The molecule has 0 aromatic rings. The number of amides is 1. The quantitative estimate of drug-likeness (QED) is 0.388. The molecule has 19 heavy (non-hydrogen) atoms. The lowest BCUT2D eigenvalue weighted by Crippen LogP contribution is -2.72. The zero-order valence-electron chi connectivity index (χ0n) is 9.71. The van der Waals surface area contributed by atoms with E-state index in [9.17, 15) is 39.6 Å². The maximum Gasteiger partial charge on any atom is 0.223 e. The summed E-state index contributed by atoms with van der Waals surface area (Å²) in [6.07, 6.45) is -2.46. The molecule has 108 valence electrons. The molecule has 0 radical (unpaired) electrons. The first kappa shape index (κ1) is 16.8. The van der Waals surface area contributed by atoms with Gasteiger partial charge in [0.15, 0.2) is 0 Å². The van der Waals surface area contributed by atoms with Gasteiger partial charge < -0.3 is 45.9 Å². The molecule has 10 heteroatoms. The van der Waals surface area contributed by atoms with Crippen LogP contribution in [-0.2, 0) is 19.2 Å². The van der Waals surface area contributed by atoms with Crippen LogP contribution in [0.5, 0.6) is 0 Å². The monoisotopic (exact) mass is 276 g/mol. The summed E-state index contributed by atoms with van der Waals surface area (Å²) in [6.45, 7) is -0.463. The number of aliphatic hydroxyl groups is 1. The zero-order chi connectivity index (χ0) is 15.2. The molecule has 0 spiro atoms. The summed E-state index contributed by atoms with van der Waals surface area (Å²) < 4.78 is 0. The maximum atomic E-state index is 11.3. The highest BCUT2D eigenvalue weighted by Gasteiger charge is 2.32. The Morgan fingerprint density at radius 2 is 1.68 bits per heavy atom. The fraction of sp³-hybridized carbons (Fsp3) is 0.556. The maximum absolute atomic E-state index is 11.3. The van der Waals surface area contributed by atoms with Crippen molar-refractivity contribution in [3.8, 4) is 0 Å². The van der Waals surface area contributed by atoms with E-state index in [1.165, 1.54) is 0 Å². The van der Waals surface area contributed by atoms with Crippen LogP contribution >= 0.6 is 0 Å². The summed E-state index contributed by atoms with van der Waals surface area (Å²) in [7, 11) is 0. The number of aliphatic carboxylic acids is 3. The predicted octanol–water partition coefficient (Wildman–Crippen LogP) is -7.53. The molecule has 5 N–H and O–H groups in total. The van der Waals surface area contributed by atoms with E-state index in [0.717, 1.165) is 0 Å². The average Bonchev–Trinajstić information content (AvgIpc) is 2.24. The number of carboxylic acid groups (broad SMARTS) is 3. The Balaban J connectivity index is 4.53. The van der Waals surface area contributed by atoms with Crippen molar-refractivity contribution in [1.29, 1.82) is 0 Å². The van der Waals surface area contributed by atoms with E-state index in [4.69, 9.17) is 0 Å². The van der Waals surface area contributed by atoms with Crippen LogP contribution in [0.1, 0.15) is 12.8 Å². The van der Waals surface area contributed by atoms with E-state index in [-0.39, 0.29) is 0 Å². The Morgan fingerprint density at radius 1 is 1.16 bits per heavy atom. The highest BCUT2D eigenvalue weighted by atomic mass is 16.4. The molecular formula is C9H12N2O8-2. The van der Waals surface area contributed by atoms with Gasteiger partial charge in [-0.05, 0) is 0 Å². The van der Waals surface area contributed by atoms with Crippen molar-refractivity contribution >= 4 is 23.8 Å². The van der Waals surface area contributed by atoms with Crippen molar-refractivity contribution in [1.82, 2.24) is 5.32 Å². The number of hydrogen-bond donors (Lipinski definition) is 3. The molecule has 0 saturated heterocycles. The van der Waals surface area contributed by atoms with Crippen LogP contribution in [-0.4, -0.2) is 47.1 Å². The molecule has 0 aliphatic heterocycles. The topological polar surface area (TPSA) is 197 Å². The number of carboxylic acids is 3. The Labute approximate surface area is 106 Å². The number of quaternary nitrogens is 1. The molecule has 0 aliphatic rings. The Hall–Kier alpha value is -2.20. The fourth-order valence-electron chi connectivity index (χ4n) is 1.09. The van der Waals surface area contributed by atoms with E-state index < -0.39 is 54.8 Å². The van der Waals surface area contributed by atoms with Gasteiger partial charge in [0.2, 0.25) is 5.91 Å². The first-order chi connectivity index (χ1) is 8.58. The zero-order valence-corrected chi connectivity index (χ0v) is 9.71. The van der Waals surface area contributed by atoms with Crippen LogP contribution in [0, 0.1) is 0 Å². The van der Waals surface area contributed by atoms with Crippen LogP contribution in [0.3, 0.4) is 0 Å². The molecule has 0 aliphatic carbocycles. The summed E-state index contributed by atoms with van der Waals surface area (Å²) in [6, 6.07) is -1.28. The standard InChI is InChI=1S/C9H14N2O8/c10-4(7(15)16)3-11-5(12)1-9(19,8(17)18)2-6(13)14/h4,19H,1-3,10H2,(H,11,12)(H,13,14)(H,15,16)(H,17,18)/p-2/t4-,9-/m0/s1. The van der Waals surface area contributed by atoms with Gasteiger partial charge >= 0.3 is 0 Å². The van der Waals surface area contributed by atoms with Crippen LogP contribution in [0.15, 0.2) is 0 Å². The number of nitrogens with one attached hydrogen (secondary N) is 1. The van der Waals surface area contributed by atoms with Crippen molar-refractivity contribution in [2.45, 2.75) is 24.5 Å². The van der Waals surface area contributed by atoms with E-state index in [2.05, 4.69) is 5.73 Å². The molecule has 0 bridgehead atoms. The number of carbonyl (C=O) groups excluding carboxylic acids is 4. The van der Waals surface area contributed by atoms with Gasteiger partial charge in [0, 0.05) is 12.4 Å².